The van der Waals surface area contributed by atoms with Gasteiger partial charge in [0.05, 0.1) is 14.2 Å². The predicted molar refractivity (Wildman–Crippen MR) is 58.8 cm³/mol. The molecule has 0 saturated heterocycles. The van der Waals surface area contributed by atoms with Crippen molar-refractivity contribution in [2.45, 2.75) is 13.8 Å². The van der Waals surface area contributed by atoms with Crippen LogP contribution in [0.1, 0.15) is 19.4 Å². The highest BCUT2D eigenvalue weighted by Gasteiger charge is 2.03. The number of methoxy groups -OCH3 is 2. The van der Waals surface area contributed by atoms with Crippen LogP contribution in [-0.2, 0) is 0 Å². The molecule has 1 heterocycles. The minimum absolute atomic E-state index is 0.489. The lowest BCUT2D eigenvalue weighted by Crippen LogP contribution is -1.93. The van der Waals surface area contributed by atoms with Crippen LogP contribution in [0, 0.1) is 0 Å². The molecule has 0 radical (unpaired) electrons. The van der Waals surface area contributed by atoms with Crippen LogP contribution in [0.4, 0.5) is 0 Å². The summed E-state index contributed by atoms with van der Waals surface area (Å²) in [7, 11) is 3.13. The van der Waals surface area contributed by atoms with Crippen LogP contribution in [0.15, 0.2) is 18.8 Å². The molecule has 0 bridgehead atoms. The molecule has 3 nitrogen and oxygen atoms in total. The van der Waals surface area contributed by atoms with Crippen LogP contribution >= 0.6 is 0 Å². The largest absolute Gasteiger partial charge is 0.491 e. The maximum absolute atomic E-state index is 5.04. The van der Waals surface area contributed by atoms with Gasteiger partial charge in [0.1, 0.15) is 0 Å². The Labute approximate surface area is 85.4 Å². The molecule has 0 saturated carbocycles. The molecule has 0 spiro atoms. The van der Waals surface area contributed by atoms with Gasteiger partial charge in [0.15, 0.2) is 5.75 Å². The van der Waals surface area contributed by atoms with Gasteiger partial charge in [-0.05, 0) is 11.6 Å². The van der Waals surface area contributed by atoms with Crippen LogP contribution < -0.4 is 9.47 Å². The molecule has 0 N–H and O–H groups in total. The smallest absolute Gasteiger partial charge is 0.256 e. The normalized spacial score (nSPS) is 8.29. The minimum atomic E-state index is 0.489. The lowest BCUT2D eigenvalue weighted by molar-refractivity contribution is 0.343. The van der Waals surface area contributed by atoms with Crippen molar-refractivity contribution in [2.75, 3.05) is 14.2 Å². The molecule has 0 atom stereocenters. The average Bonchev–Trinajstić information content (AvgIpc) is 2.30. The molecule has 0 aromatic carbocycles. The van der Waals surface area contributed by atoms with E-state index < -0.39 is 0 Å². The number of pyridine rings is 1. The van der Waals surface area contributed by atoms with Gasteiger partial charge in [0, 0.05) is 6.20 Å². The molecule has 14 heavy (non-hydrogen) atoms. The third-order valence-corrected chi connectivity index (χ3v) is 1.49. The summed E-state index contributed by atoms with van der Waals surface area (Å²) in [5.41, 5.74) is 0.910. The summed E-state index contributed by atoms with van der Waals surface area (Å²) in [5.74, 6) is 1.11. The van der Waals surface area contributed by atoms with E-state index in [1.165, 1.54) is 0 Å². The van der Waals surface area contributed by atoms with Crippen molar-refractivity contribution in [3.8, 4) is 11.6 Å². The van der Waals surface area contributed by atoms with E-state index in [2.05, 4.69) is 11.6 Å². The monoisotopic (exact) mass is 195 g/mol. The lowest BCUT2D eigenvalue weighted by Gasteiger charge is -2.05. The highest BCUT2D eigenvalue weighted by atomic mass is 16.5. The molecule has 0 unspecified atom stereocenters. The summed E-state index contributed by atoms with van der Waals surface area (Å²) in [6.07, 6.45) is 3.38. The Morgan fingerprint density at radius 3 is 2.36 bits per heavy atom. The molecule has 0 fully saturated rings. The number of aromatic nitrogens is 1. The molecular weight excluding hydrogens is 178 g/mol. The predicted octanol–water partition coefficient (Wildman–Crippen LogP) is 2.77. The van der Waals surface area contributed by atoms with Gasteiger partial charge in [-0.15, -0.1) is 0 Å². The summed E-state index contributed by atoms with van der Waals surface area (Å²) in [5, 5.41) is 0. The Morgan fingerprint density at radius 1 is 1.29 bits per heavy atom. The maximum Gasteiger partial charge on any atom is 0.256 e. The summed E-state index contributed by atoms with van der Waals surface area (Å²) >= 11 is 0. The van der Waals surface area contributed by atoms with E-state index in [0.717, 1.165) is 5.56 Å². The summed E-state index contributed by atoms with van der Waals surface area (Å²) in [6, 6.07) is 1.82. The molecule has 78 valence electrons. The fraction of sp³-hybridized carbons (Fsp3) is 0.364. The standard InChI is InChI=1S/C9H11NO2.C2H6/c1-4-7-5-8(11-2)9(12-3)10-6-7;1-2/h4-6H,1H2,2-3H3;1-2H3. The second kappa shape index (κ2) is 6.95. The molecule has 0 aliphatic carbocycles. The van der Waals surface area contributed by atoms with Crippen molar-refractivity contribution in [1.82, 2.24) is 4.98 Å². The van der Waals surface area contributed by atoms with Crippen molar-refractivity contribution >= 4 is 6.08 Å². The molecule has 0 aliphatic rings. The zero-order valence-corrected chi connectivity index (χ0v) is 9.20. The Morgan fingerprint density at radius 2 is 1.93 bits per heavy atom. The Bertz CT molecular complexity index is 285. The van der Waals surface area contributed by atoms with Gasteiger partial charge in [-0.25, -0.2) is 4.98 Å². The average molecular weight is 195 g/mol. The molecule has 1 aromatic rings. The number of rotatable bonds is 3. The molecule has 1 rings (SSSR count). The highest BCUT2D eigenvalue weighted by Crippen LogP contribution is 2.24. The van der Waals surface area contributed by atoms with E-state index in [1.54, 1.807) is 26.5 Å². The number of hydrogen-bond acceptors (Lipinski definition) is 3. The van der Waals surface area contributed by atoms with Gasteiger partial charge < -0.3 is 9.47 Å². The summed E-state index contributed by atoms with van der Waals surface area (Å²) in [6.45, 7) is 7.63. The topological polar surface area (TPSA) is 31.4 Å². The van der Waals surface area contributed by atoms with Gasteiger partial charge in [-0.3, -0.25) is 0 Å². The third-order valence-electron chi connectivity index (χ3n) is 1.49. The zero-order chi connectivity index (χ0) is 11.0. The van der Waals surface area contributed by atoms with Crippen molar-refractivity contribution in [1.29, 1.82) is 0 Å². The van der Waals surface area contributed by atoms with E-state index >= 15 is 0 Å². The van der Waals surface area contributed by atoms with Crippen LogP contribution in [-0.4, -0.2) is 19.2 Å². The Hall–Kier alpha value is -1.51. The van der Waals surface area contributed by atoms with Crippen LogP contribution in [0.2, 0.25) is 0 Å². The number of nitrogens with zero attached hydrogens (tertiary/aromatic N) is 1. The zero-order valence-electron chi connectivity index (χ0n) is 9.20. The van der Waals surface area contributed by atoms with E-state index in [0.29, 0.717) is 11.6 Å². The first-order valence-electron chi connectivity index (χ1n) is 4.52. The summed E-state index contributed by atoms with van der Waals surface area (Å²) < 4.78 is 10.0. The highest BCUT2D eigenvalue weighted by molar-refractivity contribution is 5.50. The molecule has 1 aromatic heterocycles. The third kappa shape index (κ3) is 3.09. The SMILES string of the molecule is C=Cc1cnc(OC)c(OC)c1.CC. The van der Waals surface area contributed by atoms with E-state index in [4.69, 9.17) is 9.47 Å². The van der Waals surface area contributed by atoms with Gasteiger partial charge in [0.2, 0.25) is 0 Å². The first kappa shape index (κ1) is 12.5. The Balaban J connectivity index is 0.000000791. The lowest BCUT2D eigenvalue weighted by atomic mass is 10.3. The second-order valence-corrected chi connectivity index (χ2v) is 2.18. The fourth-order valence-electron chi connectivity index (χ4n) is 0.858. The van der Waals surface area contributed by atoms with Gasteiger partial charge >= 0.3 is 0 Å². The van der Waals surface area contributed by atoms with Crippen LogP contribution in [0.3, 0.4) is 0 Å². The van der Waals surface area contributed by atoms with Crippen molar-refractivity contribution < 1.29 is 9.47 Å². The van der Waals surface area contributed by atoms with Crippen molar-refractivity contribution in [3.63, 3.8) is 0 Å². The first-order valence-corrected chi connectivity index (χ1v) is 4.52. The van der Waals surface area contributed by atoms with Crippen LogP contribution in [0.25, 0.3) is 6.08 Å². The minimum Gasteiger partial charge on any atom is -0.491 e. The van der Waals surface area contributed by atoms with Crippen LogP contribution in [0.5, 0.6) is 11.6 Å². The molecule has 0 amide bonds. The van der Waals surface area contributed by atoms with Gasteiger partial charge in [-0.2, -0.15) is 0 Å². The van der Waals surface area contributed by atoms with E-state index in [1.807, 2.05) is 19.9 Å². The van der Waals surface area contributed by atoms with Crippen molar-refractivity contribution in [3.05, 3.63) is 24.4 Å². The number of ether oxygens (including phenoxy) is 2. The van der Waals surface area contributed by atoms with Crippen molar-refractivity contribution in [2.24, 2.45) is 0 Å². The summed E-state index contributed by atoms with van der Waals surface area (Å²) in [4.78, 5) is 4.02. The van der Waals surface area contributed by atoms with E-state index in [-0.39, 0.29) is 0 Å². The van der Waals surface area contributed by atoms with Gasteiger partial charge in [0.25, 0.3) is 5.88 Å². The van der Waals surface area contributed by atoms with E-state index in [9.17, 15) is 0 Å². The maximum atomic E-state index is 5.04. The number of hydrogen-bond donors (Lipinski definition) is 0. The fourth-order valence-corrected chi connectivity index (χ4v) is 0.858. The molecule has 3 heteroatoms. The first-order chi connectivity index (χ1) is 6.81. The Kier molecular flexibility index (Phi) is 6.20. The van der Waals surface area contributed by atoms with Gasteiger partial charge in [-0.1, -0.05) is 26.5 Å². The molecular formula is C11H17NO2. The molecule has 0 aliphatic heterocycles. The second-order valence-electron chi connectivity index (χ2n) is 2.18. The quantitative estimate of drug-likeness (QED) is 0.743.